The smallest absolute Gasteiger partial charge is 0.238 e. The molecule has 4 heteroatoms. The topological polar surface area (TPSA) is 61.0 Å². The van der Waals surface area contributed by atoms with Crippen molar-refractivity contribution in [2.45, 2.75) is 53.2 Å². The standard InChI is InChI=1S/C12H21N3O/c1-5-9-10(7-13)12(16-8(3)4)15-14-11(9)6-2/h8H,5-7,13H2,1-4H3. The third kappa shape index (κ3) is 2.70. The zero-order valence-corrected chi connectivity index (χ0v) is 10.6. The summed E-state index contributed by atoms with van der Waals surface area (Å²) in [5.74, 6) is 0.589. The molecule has 1 aromatic rings. The van der Waals surface area contributed by atoms with E-state index in [0.29, 0.717) is 12.4 Å². The highest BCUT2D eigenvalue weighted by atomic mass is 16.5. The molecule has 16 heavy (non-hydrogen) atoms. The van der Waals surface area contributed by atoms with Crippen LogP contribution >= 0.6 is 0 Å². The molecule has 4 nitrogen and oxygen atoms in total. The van der Waals surface area contributed by atoms with E-state index in [1.54, 1.807) is 0 Å². The van der Waals surface area contributed by atoms with Crippen molar-refractivity contribution in [2.75, 3.05) is 0 Å². The van der Waals surface area contributed by atoms with Crippen molar-refractivity contribution in [1.82, 2.24) is 10.2 Å². The molecular weight excluding hydrogens is 202 g/mol. The molecule has 0 radical (unpaired) electrons. The zero-order chi connectivity index (χ0) is 12.1. The molecule has 0 saturated carbocycles. The SMILES string of the molecule is CCc1nnc(OC(C)C)c(CN)c1CC. The first-order chi connectivity index (χ1) is 7.63. The lowest BCUT2D eigenvalue weighted by Crippen LogP contribution is -2.15. The Bertz CT molecular complexity index is 350. The van der Waals surface area contributed by atoms with Crippen LogP contribution in [0.15, 0.2) is 0 Å². The van der Waals surface area contributed by atoms with Crippen LogP contribution in [0.1, 0.15) is 44.5 Å². The van der Waals surface area contributed by atoms with E-state index >= 15 is 0 Å². The molecule has 2 N–H and O–H groups in total. The molecule has 0 aliphatic carbocycles. The number of hydrogen-bond acceptors (Lipinski definition) is 4. The van der Waals surface area contributed by atoms with Crippen molar-refractivity contribution in [3.8, 4) is 5.88 Å². The maximum atomic E-state index is 5.78. The summed E-state index contributed by atoms with van der Waals surface area (Å²) in [6.45, 7) is 8.58. The lowest BCUT2D eigenvalue weighted by Gasteiger charge is -2.16. The maximum Gasteiger partial charge on any atom is 0.238 e. The van der Waals surface area contributed by atoms with Gasteiger partial charge in [-0.3, -0.25) is 0 Å². The van der Waals surface area contributed by atoms with Gasteiger partial charge in [-0.25, -0.2) is 0 Å². The van der Waals surface area contributed by atoms with Crippen LogP contribution < -0.4 is 10.5 Å². The third-order valence-corrected chi connectivity index (χ3v) is 2.47. The molecule has 0 atom stereocenters. The van der Waals surface area contributed by atoms with Crippen LogP contribution in [-0.2, 0) is 19.4 Å². The Balaban J connectivity index is 3.20. The van der Waals surface area contributed by atoms with Crippen LogP contribution in [0.3, 0.4) is 0 Å². The van der Waals surface area contributed by atoms with Gasteiger partial charge in [0.15, 0.2) is 0 Å². The fourth-order valence-electron chi connectivity index (χ4n) is 1.76. The largest absolute Gasteiger partial charge is 0.474 e. The van der Waals surface area contributed by atoms with E-state index in [1.165, 1.54) is 5.56 Å². The van der Waals surface area contributed by atoms with Crippen LogP contribution in [0.25, 0.3) is 0 Å². The highest BCUT2D eigenvalue weighted by molar-refractivity contribution is 5.36. The average Bonchev–Trinajstić information content (AvgIpc) is 2.27. The molecule has 1 aromatic heterocycles. The van der Waals surface area contributed by atoms with Crippen molar-refractivity contribution in [2.24, 2.45) is 5.73 Å². The molecule has 0 aliphatic heterocycles. The van der Waals surface area contributed by atoms with Crippen LogP contribution in [-0.4, -0.2) is 16.3 Å². The number of hydrogen-bond donors (Lipinski definition) is 1. The van der Waals surface area contributed by atoms with Crippen molar-refractivity contribution < 1.29 is 4.74 Å². The molecule has 90 valence electrons. The summed E-state index contributed by atoms with van der Waals surface area (Å²) < 4.78 is 5.62. The van der Waals surface area contributed by atoms with Gasteiger partial charge in [-0.15, -0.1) is 5.10 Å². The first kappa shape index (κ1) is 12.9. The van der Waals surface area contributed by atoms with Gasteiger partial charge in [0.1, 0.15) is 0 Å². The van der Waals surface area contributed by atoms with Gasteiger partial charge in [0, 0.05) is 12.1 Å². The number of ether oxygens (including phenoxy) is 1. The van der Waals surface area contributed by atoms with Gasteiger partial charge in [0.2, 0.25) is 5.88 Å². The minimum Gasteiger partial charge on any atom is -0.474 e. The zero-order valence-electron chi connectivity index (χ0n) is 10.6. The number of rotatable bonds is 5. The monoisotopic (exact) mass is 223 g/mol. The summed E-state index contributed by atoms with van der Waals surface area (Å²) in [6, 6.07) is 0. The molecular formula is C12H21N3O. The van der Waals surface area contributed by atoms with Gasteiger partial charge in [0.05, 0.1) is 11.8 Å². The lowest BCUT2D eigenvalue weighted by molar-refractivity contribution is 0.226. The van der Waals surface area contributed by atoms with E-state index in [4.69, 9.17) is 10.5 Å². The Morgan fingerprint density at radius 2 is 1.81 bits per heavy atom. The molecule has 0 amide bonds. The fraction of sp³-hybridized carbons (Fsp3) is 0.667. The normalized spacial score (nSPS) is 10.9. The van der Waals surface area contributed by atoms with Gasteiger partial charge >= 0.3 is 0 Å². The number of nitrogens with two attached hydrogens (primary N) is 1. The van der Waals surface area contributed by atoms with Gasteiger partial charge in [0.25, 0.3) is 0 Å². The molecule has 0 unspecified atom stereocenters. The Labute approximate surface area is 97.2 Å². The van der Waals surface area contributed by atoms with E-state index in [0.717, 1.165) is 24.1 Å². The second-order valence-corrected chi connectivity index (χ2v) is 3.99. The minimum atomic E-state index is 0.0942. The molecule has 0 saturated heterocycles. The third-order valence-electron chi connectivity index (χ3n) is 2.47. The van der Waals surface area contributed by atoms with E-state index in [2.05, 4.69) is 24.0 Å². The summed E-state index contributed by atoms with van der Waals surface area (Å²) in [5.41, 5.74) is 9.00. The first-order valence-corrected chi connectivity index (χ1v) is 5.87. The van der Waals surface area contributed by atoms with Crippen molar-refractivity contribution >= 4 is 0 Å². The number of aromatic nitrogens is 2. The number of aryl methyl sites for hydroxylation is 1. The molecule has 0 fully saturated rings. The second kappa shape index (κ2) is 5.80. The Hall–Kier alpha value is -1.16. The lowest BCUT2D eigenvalue weighted by atomic mass is 10.0. The predicted molar refractivity (Wildman–Crippen MR) is 64.4 cm³/mol. The summed E-state index contributed by atoms with van der Waals surface area (Å²) in [6.07, 6.45) is 1.89. The molecule has 0 spiro atoms. The minimum absolute atomic E-state index is 0.0942. The Morgan fingerprint density at radius 3 is 2.25 bits per heavy atom. The van der Waals surface area contributed by atoms with E-state index in [1.807, 2.05) is 13.8 Å². The van der Waals surface area contributed by atoms with E-state index in [-0.39, 0.29) is 6.10 Å². The Kier molecular flexibility index (Phi) is 4.68. The first-order valence-electron chi connectivity index (χ1n) is 5.87. The van der Waals surface area contributed by atoms with Gasteiger partial charge < -0.3 is 10.5 Å². The quantitative estimate of drug-likeness (QED) is 0.827. The number of nitrogens with zero attached hydrogens (tertiary/aromatic N) is 2. The summed E-state index contributed by atoms with van der Waals surface area (Å²) in [4.78, 5) is 0. The van der Waals surface area contributed by atoms with E-state index in [9.17, 15) is 0 Å². The maximum absolute atomic E-state index is 5.78. The summed E-state index contributed by atoms with van der Waals surface area (Å²) >= 11 is 0. The molecule has 0 aromatic carbocycles. The molecule has 0 aliphatic rings. The Morgan fingerprint density at radius 1 is 1.12 bits per heavy atom. The average molecular weight is 223 g/mol. The molecule has 1 heterocycles. The molecule has 0 bridgehead atoms. The van der Waals surface area contributed by atoms with Gasteiger partial charge in [-0.2, -0.15) is 5.10 Å². The second-order valence-electron chi connectivity index (χ2n) is 3.99. The molecule has 1 rings (SSSR count). The van der Waals surface area contributed by atoms with Crippen molar-refractivity contribution in [3.05, 3.63) is 16.8 Å². The highest BCUT2D eigenvalue weighted by Crippen LogP contribution is 2.22. The van der Waals surface area contributed by atoms with Crippen molar-refractivity contribution in [1.29, 1.82) is 0 Å². The van der Waals surface area contributed by atoms with Gasteiger partial charge in [-0.05, 0) is 32.3 Å². The van der Waals surface area contributed by atoms with Crippen LogP contribution in [0.2, 0.25) is 0 Å². The summed E-state index contributed by atoms with van der Waals surface area (Å²) in [5, 5.41) is 8.32. The van der Waals surface area contributed by atoms with E-state index < -0.39 is 0 Å². The van der Waals surface area contributed by atoms with Crippen LogP contribution in [0.5, 0.6) is 5.88 Å². The van der Waals surface area contributed by atoms with Crippen molar-refractivity contribution in [3.63, 3.8) is 0 Å². The van der Waals surface area contributed by atoms with Crippen LogP contribution in [0.4, 0.5) is 0 Å². The predicted octanol–water partition coefficient (Wildman–Crippen LogP) is 1.85. The summed E-state index contributed by atoms with van der Waals surface area (Å²) in [7, 11) is 0. The highest BCUT2D eigenvalue weighted by Gasteiger charge is 2.14. The van der Waals surface area contributed by atoms with Crippen LogP contribution in [0, 0.1) is 0 Å². The fourth-order valence-corrected chi connectivity index (χ4v) is 1.76. The van der Waals surface area contributed by atoms with Gasteiger partial charge in [-0.1, -0.05) is 13.8 Å².